The van der Waals surface area contributed by atoms with Gasteiger partial charge in [-0.25, -0.2) is 0 Å². The molecule has 3 atom stereocenters. The van der Waals surface area contributed by atoms with Crippen LogP contribution in [-0.4, -0.2) is 31.2 Å². The number of carbonyl (C=O) groups is 2. The van der Waals surface area contributed by atoms with E-state index in [9.17, 15) is 9.59 Å². The van der Waals surface area contributed by atoms with Crippen LogP contribution in [0.2, 0.25) is 0 Å². The highest BCUT2D eigenvalue weighted by Gasteiger charge is 2.41. The van der Waals surface area contributed by atoms with E-state index < -0.39 is 17.8 Å². The van der Waals surface area contributed by atoms with Gasteiger partial charge in [0.1, 0.15) is 0 Å². The number of carboxylic acids is 1. The van der Waals surface area contributed by atoms with E-state index in [4.69, 9.17) is 14.6 Å². The van der Waals surface area contributed by atoms with Crippen LogP contribution >= 0.6 is 0 Å². The fraction of sp³-hybridized carbons (Fsp3) is 0.529. The third-order valence-corrected chi connectivity index (χ3v) is 4.53. The number of aliphatic carboxylic acids is 1. The van der Waals surface area contributed by atoms with Crippen LogP contribution in [0, 0.1) is 18.8 Å². The van der Waals surface area contributed by atoms with E-state index >= 15 is 0 Å². The molecule has 6 nitrogen and oxygen atoms in total. The fourth-order valence-corrected chi connectivity index (χ4v) is 2.97. The van der Waals surface area contributed by atoms with Crippen molar-refractivity contribution in [3.63, 3.8) is 0 Å². The van der Waals surface area contributed by atoms with Gasteiger partial charge in [0.15, 0.2) is 11.5 Å². The lowest BCUT2D eigenvalue weighted by atomic mass is 9.73. The molecular formula is C17H23NO5. The van der Waals surface area contributed by atoms with Gasteiger partial charge in [-0.1, -0.05) is 0 Å². The molecule has 6 heteroatoms. The maximum atomic E-state index is 12.3. The number of hydrogen-bond donors (Lipinski definition) is 2. The number of ether oxygens (including phenoxy) is 2. The Morgan fingerprint density at radius 3 is 2.22 bits per heavy atom. The first kappa shape index (κ1) is 17.1. The SMILES string of the molecule is COc1cc(C)c(C(C)NC(=O)C2CCC2C(=O)O)cc1OC. The molecule has 1 aliphatic rings. The lowest BCUT2D eigenvalue weighted by Gasteiger charge is -2.33. The second-order valence-electron chi connectivity index (χ2n) is 5.92. The molecule has 1 saturated carbocycles. The molecule has 0 saturated heterocycles. The van der Waals surface area contributed by atoms with Crippen molar-refractivity contribution in [3.8, 4) is 11.5 Å². The molecule has 0 aromatic heterocycles. The monoisotopic (exact) mass is 321 g/mol. The number of benzene rings is 1. The lowest BCUT2D eigenvalue weighted by Crippen LogP contribution is -2.44. The Labute approximate surface area is 135 Å². The molecule has 0 heterocycles. The Morgan fingerprint density at radius 2 is 1.74 bits per heavy atom. The van der Waals surface area contributed by atoms with Gasteiger partial charge >= 0.3 is 5.97 Å². The minimum Gasteiger partial charge on any atom is -0.493 e. The molecule has 1 fully saturated rings. The van der Waals surface area contributed by atoms with Crippen LogP contribution in [0.1, 0.15) is 36.9 Å². The molecule has 1 aliphatic carbocycles. The summed E-state index contributed by atoms with van der Waals surface area (Å²) < 4.78 is 10.6. The molecule has 1 aromatic rings. The van der Waals surface area contributed by atoms with Gasteiger partial charge in [-0.3, -0.25) is 9.59 Å². The minimum atomic E-state index is -0.897. The highest BCUT2D eigenvalue weighted by Crippen LogP contribution is 2.36. The topological polar surface area (TPSA) is 84.9 Å². The van der Waals surface area contributed by atoms with Gasteiger partial charge in [-0.05, 0) is 49.9 Å². The summed E-state index contributed by atoms with van der Waals surface area (Å²) in [5.41, 5.74) is 1.89. The number of nitrogens with one attached hydrogen (secondary N) is 1. The van der Waals surface area contributed by atoms with Crippen molar-refractivity contribution in [2.24, 2.45) is 11.8 Å². The van der Waals surface area contributed by atoms with E-state index in [2.05, 4.69) is 5.32 Å². The van der Waals surface area contributed by atoms with E-state index in [0.29, 0.717) is 24.3 Å². The average molecular weight is 321 g/mol. The Kier molecular flexibility index (Phi) is 5.13. The summed E-state index contributed by atoms with van der Waals surface area (Å²) in [7, 11) is 3.14. The van der Waals surface area contributed by atoms with Crippen LogP contribution in [0.5, 0.6) is 11.5 Å². The number of aryl methyl sites for hydroxylation is 1. The normalized spacial score (nSPS) is 21.0. The predicted octanol–water partition coefficient (Wildman–Crippen LogP) is 2.30. The van der Waals surface area contributed by atoms with E-state index in [0.717, 1.165) is 11.1 Å². The molecule has 23 heavy (non-hydrogen) atoms. The largest absolute Gasteiger partial charge is 0.493 e. The standard InChI is InChI=1S/C17H23NO5/c1-9-7-14(22-3)15(23-4)8-13(9)10(2)18-16(19)11-5-6-12(11)17(20)21/h7-8,10-12H,5-6H2,1-4H3,(H,18,19)(H,20,21). The highest BCUT2D eigenvalue weighted by molar-refractivity contribution is 5.86. The van der Waals surface area contributed by atoms with Crippen molar-refractivity contribution < 1.29 is 24.2 Å². The Morgan fingerprint density at radius 1 is 1.17 bits per heavy atom. The van der Waals surface area contributed by atoms with Crippen molar-refractivity contribution in [3.05, 3.63) is 23.3 Å². The van der Waals surface area contributed by atoms with Crippen LogP contribution in [0.15, 0.2) is 12.1 Å². The number of carbonyl (C=O) groups excluding carboxylic acids is 1. The molecule has 126 valence electrons. The smallest absolute Gasteiger partial charge is 0.307 e. The van der Waals surface area contributed by atoms with Gasteiger partial charge in [0.25, 0.3) is 0 Å². The van der Waals surface area contributed by atoms with Gasteiger partial charge in [0, 0.05) is 0 Å². The minimum absolute atomic E-state index is 0.203. The van der Waals surface area contributed by atoms with Gasteiger partial charge in [0.05, 0.1) is 32.1 Å². The zero-order valence-electron chi connectivity index (χ0n) is 13.9. The van der Waals surface area contributed by atoms with Crippen LogP contribution in [0.3, 0.4) is 0 Å². The summed E-state index contributed by atoms with van der Waals surface area (Å²) >= 11 is 0. The summed E-state index contributed by atoms with van der Waals surface area (Å²) in [5, 5.41) is 12.0. The third kappa shape index (κ3) is 3.41. The van der Waals surface area contributed by atoms with Crippen LogP contribution in [0.4, 0.5) is 0 Å². The van der Waals surface area contributed by atoms with Crippen LogP contribution in [0.25, 0.3) is 0 Å². The van der Waals surface area contributed by atoms with Gasteiger partial charge in [-0.2, -0.15) is 0 Å². The quantitative estimate of drug-likeness (QED) is 0.840. The van der Waals surface area contributed by atoms with E-state index in [1.807, 2.05) is 26.0 Å². The van der Waals surface area contributed by atoms with Crippen molar-refractivity contribution in [2.75, 3.05) is 14.2 Å². The number of hydrogen-bond acceptors (Lipinski definition) is 4. The molecule has 0 spiro atoms. The summed E-state index contributed by atoms with van der Waals surface area (Å²) in [6.07, 6.45) is 1.19. The number of amides is 1. The van der Waals surface area contributed by atoms with Crippen LogP contribution in [-0.2, 0) is 9.59 Å². The molecule has 1 aromatic carbocycles. The van der Waals surface area contributed by atoms with Crippen molar-refractivity contribution in [1.29, 1.82) is 0 Å². The molecule has 0 bridgehead atoms. The Balaban J connectivity index is 2.13. The Bertz CT molecular complexity index is 613. The van der Waals surface area contributed by atoms with E-state index in [-0.39, 0.29) is 11.9 Å². The number of methoxy groups -OCH3 is 2. The van der Waals surface area contributed by atoms with Gasteiger partial charge in [-0.15, -0.1) is 0 Å². The second kappa shape index (κ2) is 6.89. The van der Waals surface area contributed by atoms with Crippen molar-refractivity contribution in [2.45, 2.75) is 32.7 Å². The summed E-state index contributed by atoms with van der Waals surface area (Å²) in [6.45, 7) is 3.81. The average Bonchev–Trinajstić information content (AvgIpc) is 2.44. The fourth-order valence-electron chi connectivity index (χ4n) is 2.97. The number of rotatable bonds is 6. The summed E-state index contributed by atoms with van der Waals surface area (Å²) in [6, 6.07) is 3.46. The molecule has 3 unspecified atom stereocenters. The second-order valence-corrected chi connectivity index (χ2v) is 5.92. The van der Waals surface area contributed by atoms with E-state index in [1.54, 1.807) is 14.2 Å². The maximum Gasteiger partial charge on any atom is 0.307 e. The van der Waals surface area contributed by atoms with Crippen molar-refractivity contribution >= 4 is 11.9 Å². The maximum absolute atomic E-state index is 12.3. The predicted molar refractivity (Wildman–Crippen MR) is 84.7 cm³/mol. The zero-order valence-corrected chi connectivity index (χ0v) is 13.9. The molecule has 2 N–H and O–H groups in total. The van der Waals surface area contributed by atoms with Gasteiger partial charge in [0.2, 0.25) is 5.91 Å². The lowest BCUT2D eigenvalue weighted by molar-refractivity contribution is -0.152. The first-order valence-electron chi connectivity index (χ1n) is 7.64. The highest BCUT2D eigenvalue weighted by atomic mass is 16.5. The van der Waals surface area contributed by atoms with E-state index in [1.165, 1.54) is 0 Å². The summed E-state index contributed by atoms with van der Waals surface area (Å²) in [5.74, 6) is -0.862. The molecule has 1 amide bonds. The first-order valence-corrected chi connectivity index (χ1v) is 7.64. The molecule has 0 radical (unpaired) electrons. The number of carboxylic acid groups (broad SMARTS) is 1. The third-order valence-electron chi connectivity index (χ3n) is 4.53. The van der Waals surface area contributed by atoms with Crippen LogP contribution < -0.4 is 14.8 Å². The van der Waals surface area contributed by atoms with Gasteiger partial charge < -0.3 is 19.9 Å². The first-order chi connectivity index (χ1) is 10.9. The molecule has 0 aliphatic heterocycles. The summed E-state index contributed by atoms with van der Waals surface area (Å²) in [4.78, 5) is 23.3. The zero-order chi connectivity index (χ0) is 17.1. The molecular weight excluding hydrogens is 298 g/mol. The molecule has 2 rings (SSSR count). The Hall–Kier alpha value is -2.24. The van der Waals surface area contributed by atoms with Crippen molar-refractivity contribution in [1.82, 2.24) is 5.32 Å².